The number of carbonyl (C=O) groups excluding carboxylic acids is 1. The third-order valence-electron chi connectivity index (χ3n) is 3.19. The van der Waals surface area contributed by atoms with Crippen molar-refractivity contribution < 1.29 is 13.2 Å². The lowest BCUT2D eigenvalue weighted by Crippen LogP contribution is -2.35. The lowest BCUT2D eigenvalue weighted by Gasteiger charge is -2.21. The van der Waals surface area contributed by atoms with Gasteiger partial charge in [0.05, 0.1) is 0 Å². The average Bonchev–Trinajstić information content (AvgIpc) is 2.49. The highest BCUT2D eigenvalue weighted by Crippen LogP contribution is 2.26. The van der Waals surface area contributed by atoms with Gasteiger partial charge in [-0.2, -0.15) is 0 Å². The van der Waals surface area contributed by atoms with Crippen LogP contribution in [0.15, 0.2) is 60.7 Å². The number of hydrogen-bond donors (Lipinski definition) is 1. The predicted molar refractivity (Wildman–Crippen MR) is 86.9 cm³/mol. The number of hydrogen-bond acceptors (Lipinski definition) is 3. The van der Waals surface area contributed by atoms with Gasteiger partial charge in [-0.05, 0) is 17.7 Å². The van der Waals surface area contributed by atoms with Crippen molar-refractivity contribution in [1.82, 2.24) is 4.31 Å². The molecule has 1 N–H and O–H groups in total. The number of sulfonamides is 1. The van der Waals surface area contributed by atoms with Crippen LogP contribution in [0.25, 0.3) is 0 Å². The molecule has 5 nitrogen and oxygen atoms in total. The van der Waals surface area contributed by atoms with Crippen LogP contribution in [-0.4, -0.2) is 32.7 Å². The second-order valence-electron chi connectivity index (χ2n) is 4.97. The summed E-state index contributed by atoms with van der Waals surface area (Å²) in [7, 11) is -0.955. The van der Waals surface area contributed by atoms with Crippen molar-refractivity contribution in [3.8, 4) is 0 Å². The summed E-state index contributed by atoms with van der Waals surface area (Å²) in [6, 6.07) is 17.3. The SMILES string of the molecule is CN(C)S(=O)(=O)[C@H](C(=O)Nc1ccccc1)c1ccccc1. The van der Waals surface area contributed by atoms with Crippen molar-refractivity contribution in [3.63, 3.8) is 0 Å². The van der Waals surface area contributed by atoms with Crippen LogP contribution in [0, 0.1) is 0 Å². The van der Waals surface area contributed by atoms with E-state index in [1.165, 1.54) is 14.1 Å². The fourth-order valence-electron chi connectivity index (χ4n) is 2.03. The molecule has 0 spiro atoms. The summed E-state index contributed by atoms with van der Waals surface area (Å²) >= 11 is 0. The largest absolute Gasteiger partial charge is 0.325 e. The summed E-state index contributed by atoms with van der Waals surface area (Å²) < 4.78 is 26.1. The molecular weight excluding hydrogens is 300 g/mol. The standard InChI is InChI=1S/C16H18N2O3S/c1-18(2)22(20,21)15(13-9-5-3-6-10-13)16(19)17-14-11-7-4-8-12-14/h3-12,15H,1-2H3,(H,17,19)/t15-/m0/s1. The smallest absolute Gasteiger partial charge is 0.248 e. The molecule has 1 amide bonds. The maximum absolute atomic E-state index is 12.5. The van der Waals surface area contributed by atoms with Gasteiger partial charge in [-0.3, -0.25) is 4.79 Å². The molecule has 0 aromatic heterocycles. The lowest BCUT2D eigenvalue weighted by molar-refractivity contribution is -0.116. The molecule has 2 aromatic rings. The Balaban J connectivity index is 2.39. The van der Waals surface area contributed by atoms with Crippen molar-refractivity contribution in [2.24, 2.45) is 0 Å². The minimum Gasteiger partial charge on any atom is -0.325 e. The molecule has 2 rings (SSSR count). The summed E-state index contributed by atoms with van der Waals surface area (Å²) in [5, 5.41) is 1.37. The van der Waals surface area contributed by atoms with Gasteiger partial charge in [-0.25, -0.2) is 12.7 Å². The zero-order chi connectivity index (χ0) is 16.2. The Hall–Kier alpha value is -2.18. The van der Waals surface area contributed by atoms with Gasteiger partial charge in [0.25, 0.3) is 0 Å². The molecule has 1 atom stereocenters. The normalized spacial score (nSPS) is 12.9. The van der Waals surface area contributed by atoms with Gasteiger partial charge in [0, 0.05) is 19.8 Å². The zero-order valence-corrected chi connectivity index (χ0v) is 13.2. The molecule has 116 valence electrons. The van der Waals surface area contributed by atoms with Crippen LogP contribution < -0.4 is 5.32 Å². The van der Waals surface area contributed by atoms with Crippen LogP contribution in [0.4, 0.5) is 5.69 Å². The Bertz CT molecular complexity index is 729. The Kier molecular flexibility index (Phi) is 4.95. The van der Waals surface area contributed by atoms with Gasteiger partial charge in [-0.1, -0.05) is 48.5 Å². The van der Waals surface area contributed by atoms with Gasteiger partial charge < -0.3 is 5.32 Å². The molecule has 0 heterocycles. The molecule has 0 saturated heterocycles. The van der Waals surface area contributed by atoms with E-state index in [9.17, 15) is 13.2 Å². The minimum atomic E-state index is -3.79. The van der Waals surface area contributed by atoms with Crippen molar-refractivity contribution >= 4 is 21.6 Å². The number of para-hydroxylation sites is 1. The predicted octanol–water partition coefficient (Wildman–Crippen LogP) is 2.26. The second kappa shape index (κ2) is 6.72. The van der Waals surface area contributed by atoms with Crippen LogP contribution in [0.2, 0.25) is 0 Å². The van der Waals surface area contributed by atoms with E-state index < -0.39 is 21.2 Å². The maximum atomic E-state index is 12.5. The van der Waals surface area contributed by atoms with Crippen LogP contribution in [0.1, 0.15) is 10.8 Å². The molecule has 0 aliphatic rings. The van der Waals surface area contributed by atoms with E-state index >= 15 is 0 Å². The number of carbonyl (C=O) groups is 1. The molecule has 0 aliphatic heterocycles. The molecular formula is C16H18N2O3S. The van der Waals surface area contributed by atoms with Gasteiger partial charge in [0.15, 0.2) is 5.25 Å². The van der Waals surface area contributed by atoms with E-state index in [2.05, 4.69) is 5.32 Å². The van der Waals surface area contributed by atoms with Crippen LogP contribution in [0.5, 0.6) is 0 Å². The van der Waals surface area contributed by atoms with E-state index in [0.29, 0.717) is 11.3 Å². The first-order valence-electron chi connectivity index (χ1n) is 6.75. The highest BCUT2D eigenvalue weighted by Gasteiger charge is 2.35. The monoisotopic (exact) mass is 318 g/mol. The number of nitrogens with zero attached hydrogens (tertiary/aromatic N) is 1. The van der Waals surface area contributed by atoms with Gasteiger partial charge >= 0.3 is 0 Å². The summed E-state index contributed by atoms with van der Waals surface area (Å²) in [6.45, 7) is 0. The molecule has 0 bridgehead atoms. The van der Waals surface area contributed by atoms with Crippen LogP contribution in [-0.2, 0) is 14.8 Å². The quantitative estimate of drug-likeness (QED) is 0.919. The van der Waals surface area contributed by atoms with Gasteiger partial charge in [0.1, 0.15) is 0 Å². The average molecular weight is 318 g/mol. The molecule has 0 fully saturated rings. The molecule has 2 aromatic carbocycles. The number of amides is 1. The third-order valence-corrected chi connectivity index (χ3v) is 5.29. The van der Waals surface area contributed by atoms with Gasteiger partial charge in [0.2, 0.25) is 15.9 Å². The topological polar surface area (TPSA) is 66.5 Å². The first-order chi connectivity index (χ1) is 10.4. The summed E-state index contributed by atoms with van der Waals surface area (Å²) in [5.41, 5.74) is 0.993. The first-order valence-corrected chi connectivity index (χ1v) is 8.25. The molecule has 6 heteroatoms. The van der Waals surface area contributed by atoms with Crippen molar-refractivity contribution in [2.75, 3.05) is 19.4 Å². The lowest BCUT2D eigenvalue weighted by atomic mass is 10.1. The number of benzene rings is 2. The number of rotatable bonds is 5. The van der Waals surface area contributed by atoms with Gasteiger partial charge in [-0.15, -0.1) is 0 Å². The van der Waals surface area contributed by atoms with E-state index in [1.54, 1.807) is 54.6 Å². The van der Waals surface area contributed by atoms with Crippen molar-refractivity contribution in [2.45, 2.75) is 5.25 Å². The summed E-state index contributed by atoms with van der Waals surface area (Å²) in [6.07, 6.45) is 0. The summed E-state index contributed by atoms with van der Waals surface area (Å²) in [5.74, 6) is -0.578. The molecule has 0 saturated carbocycles. The molecule has 0 radical (unpaired) electrons. The molecule has 22 heavy (non-hydrogen) atoms. The van der Waals surface area contributed by atoms with E-state index in [4.69, 9.17) is 0 Å². The number of anilines is 1. The van der Waals surface area contributed by atoms with E-state index in [0.717, 1.165) is 4.31 Å². The Morgan fingerprint density at radius 2 is 1.45 bits per heavy atom. The van der Waals surface area contributed by atoms with Crippen LogP contribution in [0.3, 0.4) is 0 Å². The van der Waals surface area contributed by atoms with Crippen LogP contribution >= 0.6 is 0 Å². The zero-order valence-electron chi connectivity index (χ0n) is 12.4. The Morgan fingerprint density at radius 1 is 0.955 bits per heavy atom. The molecule has 0 aliphatic carbocycles. The highest BCUT2D eigenvalue weighted by atomic mass is 32.2. The van der Waals surface area contributed by atoms with E-state index in [-0.39, 0.29) is 0 Å². The Morgan fingerprint density at radius 3 is 1.95 bits per heavy atom. The van der Waals surface area contributed by atoms with Crippen molar-refractivity contribution in [3.05, 3.63) is 66.2 Å². The summed E-state index contributed by atoms with van der Waals surface area (Å²) in [4.78, 5) is 12.5. The van der Waals surface area contributed by atoms with E-state index in [1.807, 2.05) is 6.07 Å². The second-order valence-corrected chi connectivity index (χ2v) is 7.20. The maximum Gasteiger partial charge on any atom is 0.248 e. The minimum absolute atomic E-state index is 0.435. The molecule has 0 unspecified atom stereocenters. The highest BCUT2D eigenvalue weighted by molar-refractivity contribution is 7.90. The number of nitrogens with one attached hydrogen (secondary N) is 1. The Labute approximate surface area is 130 Å². The van der Waals surface area contributed by atoms with Crippen molar-refractivity contribution in [1.29, 1.82) is 0 Å². The third kappa shape index (κ3) is 3.52. The fourth-order valence-corrected chi connectivity index (χ4v) is 3.28. The first kappa shape index (κ1) is 16.2. The fraction of sp³-hybridized carbons (Fsp3) is 0.188.